The molecule has 0 nitrogen and oxygen atoms in total. The average Bonchev–Trinajstić information content (AvgIpc) is 2.70. The normalized spacial score (nSPS) is 64.4. The lowest BCUT2D eigenvalue weighted by molar-refractivity contribution is 0.137. The summed E-state index contributed by atoms with van der Waals surface area (Å²) in [7, 11) is 0. The Morgan fingerprint density at radius 3 is 1.92 bits per heavy atom. The second-order valence-electron chi connectivity index (χ2n) is 6.02. The van der Waals surface area contributed by atoms with Crippen molar-refractivity contribution in [1.82, 2.24) is 0 Å². The van der Waals surface area contributed by atoms with Gasteiger partial charge in [0.05, 0.1) is 0 Å². The van der Waals surface area contributed by atoms with Gasteiger partial charge in [0.25, 0.3) is 0 Å². The number of hydrogen-bond donors (Lipinski definition) is 0. The maximum atomic E-state index is 4.00. The fourth-order valence-corrected chi connectivity index (χ4v) is 5.97. The summed E-state index contributed by atoms with van der Waals surface area (Å²) < 4.78 is 0. The predicted octanol–water partition coefficient (Wildman–Crippen LogP) is 3.99. The molecule has 0 aromatic rings. The van der Waals surface area contributed by atoms with Crippen LogP contribution < -0.4 is 0 Å². The standard InChI is InChI=1S/C12H19Br/c1-11-6-7-12(2,10(11)13)9-5-3-4-8(9)11/h8-10H,3-7H2,1-2H3/t8-,9+,10?,11+,12-. The Bertz CT molecular complexity index is 226. The van der Waals surface area contributed by atoms with Crippen LogP contribution in [0.4, 0.5) is 0 Å². The maximum Gasteiger partial charge on any atom is 0.0258 e. The summed E-state index contributed by atoms with van der Waals surface area (Å²) >= 11 is 4.00. The minimum absolute atomic E-state index is 0.649. The Kier molecular flexibility index (Phi) is 1.58. The molecule has 1 heteroatoms. The summed E-state index contributed by atoms with van der Waals surface area (Å²) in [6.45, 7) is 5.07. The van der Waals surface area contributed by atoms with E-state index in [2.05, 4.69) is 29.8 Å². The smallest absolute Gasteiger partial charge is 0.0258 e. The van der Waals surface area contributed by atoms with Gasteiger partial charge in [-0.2, -0.15) is 0 Å². The lowest BCUT2D eigenvalue weighted by Gasteiger charge is -2.35. The summed E-state index contributed by atoms with van der Waals surface area (Å²) in [5.41, 5.74) is 1.30. The van der Waals surface area contributed by atoms with Crippen LogP contribution in [0.5, 0.6) is 0 Å². The Morgan fingerprint density at radius 2 is 1.46 bits per heavy atom. The number of fused-ring (bicyclic) bond motifs is 5. The lowest BCUT2D eigenvalue weighted by atomic mass is 9.69. The number of halogens is 1. The minimum atomic E-state index is 0.649. The van der Waals surface area contributed by atoms with E-state index in [1.165, 1.54) is 32.1 Å². The van der Waals surface area contributed by atoms with Gasteiger partial charge >= 0.3 is 0 Å². The summed E-state index contributed by atoms with van der Waals surface area (Å²) in [5.74, 6) is 2.10. The summed E-state index contributed by atoms with van der Waals surface area (Å²) in [6.07, 6.45) is 7.47. The highest BCUT2D eigenvalue weighted by Crippen LogP contribution is 2.73. The van der Waals surface area contributed by atoms with E-state index in [0.29, 0.717) is 10.8 Å². The predicted molar refractivity (Wildman–Crippen MR) is 59.0 cm³/mol. The highest BCUT2D eigenvalue weighted by atomic mass is 79.9. The van der Waals surface area contributed by atoms with Gasteiger partial charge in [0.15, 0.2) is 0 Å². The quantitative estimate of drug-likeness (QED) is 0.564. The van der Waals surface area contributed by atoms with E-state index in [1.54, 1.807) is 0 Å². The van der Waals surface area contributed by atoms with E-state index in [1.807, 2.05) is 0 Å². The van der Waals surface area contributed by atoms with Crippen molar-refractivity contribution < 1.29 is 0 Å². The maximum absolute atomic E-state index is 4.00. The monoisotopic (exact) mass is 242 g/mol. The van der Waals surface area contributed by atoms with Gasteiger partial charge in [0.1, 0.15) is 0 Å². The van der Waals surface area contributed by atoms with E-state index in [4.69, 9.17) is 0 Å². The molecule has 0 spiro atoms. The van der Waals surface area contributed by atoms with Crippen molar-refractivity contribution in [1.29, 1.82) is 0 Å². The van der Waals surface area contributed by atoms with Crippen molar-refractivity contribution in [3.8, 4) is 0 Å². The van der Waals surface area contributed by atoms with E-state index < -0.39 is 0 Å². The lowest BCUT2D eigenvalue weighted by Crippen LogP contribution is -2.27. The van der Waals surface area contributed by atoms with E-state index in [-0.39, 0.29) is 0 Å². The second-order valence-corrected chi connectivity index (χ2v) is 6.93. The first-order valence-electron chi connectivity index (χ1n) is 5.73. The summed E-state index contributed by atoms with van der Waals surface area (Å²) in [6, 6.07) is 0. The molecule has 3 saturated carbocycles. The Morgan fingerprint density at radius 1 is 1.00 bits per heavy atom. The van der Waals surface area contributed by atoms with Crippen molar-refractivity contribution in [2.45, 2.75) is 50.8 Å². The first-order chi connectivity index (χ1) is 6.09. The van der Waals surface area contributed by atoms with Gasteiger partial charge < -0.3 is 0 Å². The first kappa shape index (κ1) is 8.76. The van der Waals surface area contributed by atoms with Gasteiger partial charge in [-0.15, -0.1) is 0 Å². The zero-order valence-corrected chi connectivity index (χ0v) is 10.2. The number of rotatable bonds is 0. The fourth-order valence-electron chi connectivity index (χ4n) is 4.83. The SMILES string of the molecule is C[C@]12CC[C@](C)(C1Br)[C@@H]1CCC[C@@H]12. The second kappa shape index (κ2) is 2.35. The zero-order chi connectivity index (χ0) is 9.27. The largest absolute Gasteiger partial charge is 0.0879 e. The highest BCUT2D eigenvalue weighted by Gasteiger charge is 2.67. The molecule has 0 heterocycles. The van der Waals surface area contributed by atoms with Crippen molar-refractivity contribution >= 4 is 15.9 Å². The van der Waals surface area contributed by atoms with Crippen LogP contribution >= 0.6 is 15.9 Å². The molecule has 2 bridgehead atoms. The molecule has 3 rings (SSSR count). The Labute approximate surface area is 89.6 Å². The molecule has 3 aliphatic rings. The van der Waals surface area contributed by atoms with Crippen LogP contribution in [0.1, 0.15) is 46.0 Å². The van der Waals surface area contributed by atoms with Crippen LogP contribution in [0.3, 0.4) is 0 Å². The van der Waals surface area contributed by atoms with Crippen molar-refractivity contribution in [3.05, 3.63) is 0 Å². The molecule has 3 fully saturated rings. The van der Waals surface area contributed by atoms with Crippen LogP contribution in [-0.4, -0.2) is 4.83 Å². The molecule has 3 aliphatic carbocycles. The van der Waals surface area contributed by atoms with E-state index in [9.17, 15) is 0 Å². The van der Waals surface area contributed by atoms with Crippen molar-refractivity contribution in [2.75, 3.05) is 0 Å². The first-order valence-corrected chi connectivity index (χ1v) is 6.65. The van der Waals surface area contributed by atoms with Crippen LogP contribution in [0.2, 0.25) is 0 Å². The zero-order valence-electron chi connectivity index (χ0n) is 8.65. The fraction of sp³-hybridized carbons (Fsp3) is 1.00. The summed E-state index contributed by atoms with van der Waals surface area (Å²) in [5, 5.41) is 0. The third-order valence-electron chi connectivity index (χ3n) is 5.57. The van der Waals surface area contributed by atoms with Gasteiger partial charge in [-0.25, -0.2) is 0 Å². The average molecular weight is 243 g/mol. The Hall–Kier alpha value is 0.480. The number of hydrogen-bond acceptors (Lipinski definition) is 0. The minimum Gasteiger partial charge on any atom is -0.0879 e. The van der Waals surface area contributed by atoms with Gasteiger partial charge in [0.2, 0.25) is 0 Å². The molecule has 5 atom stereocenters. The molecule has 74 valence electrons. The van der Waals surface area contributed by atoms with Gasteiger partial charge in [0, 0.05) is 4.83 Å². The molecule has 0 aliphatic heterocycles. The van der Waals surface area contributed by atoms with Crippen LogP contribution in [0.25, 0.3) is 0 Å². The highest BCUT2D eigenvalue weighted by molar-refractivity contribution is 9.09. The topological polar surface area (TPSA) is 0 Å². The molecule has 13 heavy (non-hydrogen) atoms. The van der Waals surface area contributed by atoms with E-state index >= 15 is 0 Å². The Balaban J connectivity index is 2.08. The molecular weight excluding hydrogens is 224 g/mol. The third-order valence-corrected chi connectivity index (χ3v) is 7.66. The van der Waals surface area contributed by atoms with Crippen molar-refractivity contribution in [2.24, 2.45) is 22.7 Å². The van der Waals surface area contributed by atoms with Crippen LogP contribution in [-0.2, 0) is 0 Å². The van der Waals surface area contributed by atoms with Crippen molar-refractivity contribution in [3.63, 3.8) is 0 Å². The molecule has 0 radical (unpaired) electrons. The van der Waals surface area contributed by atoms with Crippen LogP contribution in [0.15, 0.2) is 0 Å². The van der Waals surface area contributed by atoms with E-state index in [0.717, 1.165) is 16.7 Å². The summed E-state index contributed by atoms with van der Waals surface area (Å²) in [4.78, 5) is 0.808. The molecule has 0 amide bonds. The number of alkyl halides is 1. The van der Waals surface area contributed by atoms with Gasteiger partial charge in [-0.05, 0) is 48.3 Å². The van der Waals surface area contributed by atoms with Gasteiger partial charge in [-0.1, -0.05) is 36.2 Å². The van der Waals surface area contributed by atoms with Gasteiger partial charge in [-0.3, -0.25) is 0 Å². The molecule has 0 aromatic carbocycles. The molecule has 0 N–H and O–H groups in total. The molecular formula is C12H19Br. The third kappa shape index (κ3) is 0.797. The molecule has 0 saturated heterocycles. The molecule has 1 unspecified atom stereocenters. The van der Waals surface area contributed by atoms with Crippen LogP contribution in [0, 0.1) is 22.7 Å². The molecule has 0 aromatic heterocycles.